The van der Waals surface area contributed by atoms with E-state index in [1.807, 2.05) is 0 Å². The van der Waals surface area contributed by atoms with E-state index in [2.05, 4.69) is 15.9 Å². The molecule has 0 radical (unpaired) electrons. The molecule has 0 atom stereocenters. The van der Waals surface area contributed by atoms with Crippen LogP contribution in [0.3, 0.4) is 0 Å². The van der Waals surface area contributed by atoms with Crippen LogP contribution in [0.15, 0.2) is 40.9 Å². The zero-order chi connectivity index (χ0) is 14.7. The molecule has 3 nitrogen and oxygen atoms in total. The van der Waals surface area contributed by atoms with Crippen LogP contribution in [0.2, 0.25) is 5.02 Å². The molecule has 1 N–H and O–H groups in total. The van der Waals surface area contributed by atoms with Gasteiger partial charge in [-0.15, -0.1) is 0 Å². The van der Waals surface area contributed by atoms with E-state index < -0.39 is 5.97 Å². The normalized spacial score (nSPS) is 10.3. The van der Waals surface area contributed by atoms with E-state index in [1.54, 1.807) is 18.2 Å². The second-order valence-electron chi connectivity index (χ2n) is 3.98. The second kappa shape index (κ2) is 6.24. The summed E-state index contributed by atoms with van der Waals surface area (Å²) in [5, 5.41) is 9.43. The summed E-state index contributed by atoms with van der Waals surface area (Å²) in [5.41, 5.74) is 0.691. The van der Waals surface area contributed by atoms with Crippen LogP contribution in [0.25, 0.3) is 0 Å². The van der Waals surface area contributed by atoms with E-state index >= 15 is 0 Å². The lowest BCUT2D eigenvalue weighted by Crippen LogP contribution is -2.04. The SMILES string of the molecule is O=C(O)c1cc(Cl)cc(Br)c1OCc1ccc(F)cc1. The minimum Gasteiger partial charge on any atom is -0.487 e. The topological polar surface area (TPSA) is 46.5 Å². The van der Waals surface area contributed by atoms with Crippen molar-refractivity contribution >= 4 is 33.5 Å². The zero-order valence-electron chi connectivity index (χ0n) is 10.1. The van der Waals surface area contributed by atoms with Crippen molar-refractivity contribution in [2.24, 2.45) is 0 Å². The first-order valence-corrected chi connectivity index (χ1v) is 6.74. The maximum atomic E-state index is 12.8. The predicted octanol–water partition coefficient (Wildman–Crippen LogP) is 4.52. The summed E-state index contributed by atoms with van der Waals surface area (Å²) in [6, 6.07) is 8.63. The van der Waals surface area contributed by atoms with Gasteiger partial charge in [-0.05, 0) is 45.8 Å². The molecule has 6 heteroatoms. The maximum absolute atomic E-state index is 12.8. The number of carboxylic acids is 1. The van der Waals surface area contributed by atoms with Gasteiger partial charge in [0.1, 0.15) is 23.7 Å². The number of benzene rings is 2. The third kappa shape index (κ3) is 3.49. The average molecular weight is 360 g/mol. The van der Waals surface area contributed by atoms with Crippen molar-refractivity contribution in [2.75, 3.05) is 0 Å². The largest absolute Gasteiger partial charge is 0.487 e. The molecule has 0 aliphatic rings. The molecule has 0 fully saturated rings. The number of halogens is 3. The first kappa shape index (κ1) is 14.8. The fraction of sp³-hybridized carbons (Fsp3) is 0.0714. The molecule has 0 aliphatic carbocycles. The number of aromatic carboxylic acids is 1. The quantitative estimate of drug-likeness (QED) is 0.873. The summed E-state index contributed by atoms with van der Waals surface area (Å²) in [5.74, 6) is -1.29. The van der Waals surface area contributed by atoms with Gasteiger partial charge in [-0.25, -0.2) is 9.18 Å². The Morgan fingerprint density at radius 3 is 2.55 bits per heavy atom. The monoisotopic (exact) mass is 358 g/mol. The lowest BCUT2D eigenvalue weighted by Gasteiger charge is -2.11. The smallest absolute Gasteiger partial charge is 0.339 e. The van der Waals surface area contributed by atoms with Gasteiger partial charge in [0.05, 0.1) is 4.47 Å². The number of hydrogen-bond donors (Lipinski definition) is 1. The van der Waals surface area contributed by atoms with Gasteiger partial charge >= 0.3 is 5.97 Å². The third-order valence-electron chi connectivity index (χ3n) is 2.54. The standard InChI is InChI=1S/C14H9BrClFO3/c15-12-6-9(16)5-11(14(18)19)13(12)20-7-8-1-3-10(17)4-2-8/h1-6H,7H2,(H,18,19). The number of carbonyl (C=O) groups is 1. The molecule has 0 aliphatic heterocycles. The first-order valence-electron chi connectivity index (χ1n) is 5.57. The fourth-order valence-corrected chi connectivity index (χ4v) is 2.53. The maximum Gasteiger partial charge on any atom is 0.339 e. The van der Waals surface area contributed by atoms with Crippen LogP contribution in [0, 0.1) is 5.82 Å². The molecule has 0 saturated heterocycles. The minimum atomic E-state index is -1.14. The lowest BCUT2D eigenvalue weighted by atomic mass is 10.2. The highest BCUT2D eigenvalue weighted by Crippen LogP contribution is 2.33. The van der Waals surface area contributed by atoms with Gasteiger partial charge in [0.15, 0.2) is 0 Å². The Bertz CT molecular complexity index is 644. The molecular formula is C14H9BrClFO3. The Kier molecular flexibility index (Phi) is 4.62. The Morgan fingerprint density at radius 2 is 1.95 bits per heavy atom. The Hall–Kier alpha value is -1.59. The highest BCUT2D eigenvalue weighted by molar-refractivity contribution is 9.10. The van der Waals surface area contributed by atoms with E-state index in [1.165, 1.54) is 18.2 Å². The zero-order valence-corrected chi connectivity index (χ0v) is 12.4. The molecule has 2 aromatic carbocycles. The Morgan fingerprint density at radius 1 is 1.30 bits per heavy atom. The minimum absolute atomic E-state index is 0.0357. The van der Waals surface area contributed by atoms with Crippen LogP contribution in [0.5, 0.6) is 5.75 Å². The summed E-state index contributed by atoms with van der Waals surface area (Å²) in [6.45, 7) is 0.126. The highest BCUT2D eigenvalue weighted by Gasteiger charge is 2.16. The second-order valence-corrected chi connectivity index (χ2v) is 5.28. The van der Waals surface area contributed by atoms with Crippen LogP contribution in [-0.2, 0) is 6.61 Å². The summed E-state index contributed by atoms with van der Waals surface area (Å²) >= 11 is 9.03. The van der Waals surface area contributed by atoms with Gasteiger partial charge < -0.3 is 9.84 Å². The van der Waals surface area contributed by atoms with E-state index in [0.29, 0.717) is 9.50 Å². The Labute approximate surface area is 128 Å². The molecule has 20 heavy (non-hydrogen) atoms. The Balaban J connectivity index is 2.24. The van der Waals surface area contributed by atoms with Crippen LogP contribution in [-0.4, -0.2) is 11.1 Å². The van der Waals surface area contributed by atoms with Gasteiger partial charge in [-0.1, -0.05) is 23.7 Å². The first-order chi connectivity index (χ1) is 9.47. The van der Waals surface area contributed by atoms with E-state index in [9.17, 15) is 9.18 Å². The van der Waals surface area contributed by atoms with Crippen LogP contribution < -0.4 is 4.74 Å². The van der Waals surface area contributed by atoms with E-state index in [0.717, 1.165) is 5.56 Å². The van der Waals surface area contributed by atoms with Gasteiger partial charge in [-0.2, -0.15) is 0 Å². The van der Waals surface area contributed by atoms with Gasteiger partial charge in [0.2, 0.25) is 0 Å². The molecule has 2 aromatic rings. The molecule has 0 bridgehead atoms. The molecule has 2 rings (SSSR count). The van der Waals surface area contributed by atoms with E-state index in [4.69, 9.17) is 21.4 Å². The van der Waals surface area contributed by atoms with Crippen LogP contribution in [0.1, 0.15) is 15.9 Å². The third-order valence-corrected chi connectivity index (χ3v) is 3.34. The molecule has 0 unspecified atom stereocenters. The summed E-state index contributed by atoms with van der Waals surface area (Å²) in [7, 11) is 0. The van der Waals surface area contributed by atoms with Crippen molar-refractivity contribution in [3.8, 4) is 5.75 Å². The molecule has 0 spiro atoms. The number of ether oxygens (including phenoxy) is 1. The van der Waals surface area contributed by atoms with Crippen molar-refractivity contribution in [3.63, 3.8) is 0 Å². The molecule has 0 saturated carbocycles. The molecule has 0 heterocycles. The van der Waals surface area contributed by atoms with Gasteiger partial charge in [0, 0.05) is 5.02 Å². The van der Waals surface area contributed by atoms with Crippen molar-refractivity contribution < 1.29 is 19.0 Å². The van der Waals surface area contributed by atoms with Crippen molar-refractivity contribution in [1.29, 1.82) is 0 Å². The highest BCUT2D eigenvalue weighted by atomic mass is 79.9. The summed E-state index contributed by atoms with van der Waals surface area (Å²) in [4.78, 5) is 11.2. The lowest BCUT2D eigenvalue weighted by molar-refractivity contribution is 0.0691. The van der Waals surface area contributed by atoms with Crippen molar-refractivity contribution in [3.05, 3.63) is 62.8 Å². The van der Waals surface area contributed by atoms with Crippen molar-refractivity contribution in [1.82, 2.24) is 0 Å². The summed E-state index contributed by atoms with van der Waals surface area (Å²) < 4.78 is 18.7. The molecule has 0 amide bonds. The van der Waals surface area contributed by atoms with Gasteiger partial charge in [0.25, 0.3) is 0 Å². The van der Waals surface area contributed by atoms with Crippen LogP contribution >= 0.6 is 27.5 Å². The van der Waals surface area contributed by atoms with E-state index in [-0.39, 0.29) is 23.7 Å². The van der Waals surface area contributed by atoms with Crippen molar-refractivity contribution in [2.45, 2.75) is 6.61 Å². The predicted molar refractivity (Wildman–Crippen MR) is 76.8 cm³/mol. The van der Waals surface area contributed by atoms with Crippen LogP contribution in [0.4, 0.5) is 4.39 Å². The molecular weight excluding hydrogens is 351 g/mol. The molecule has 104 valence electrons. The number of hydrogen-bond acceptors (Lipinski definition) is 2. The molecule has 0 aromatic heterocycles. The van der Waals surface area contributed by atoms with Gasteiger partial charge in [-0.3, -0.25) is 0 Å². The summed E-state index contributed by atoms with van der Waals surface area (Å²) in [6.07, 6.45) is 0. The number of rotatable bonds is 4. The average Bonchev–Trinajstić information content (AvgIpc) is 2.38. The number of carboxylic acid groups (broad SMARTS) is 1. The fourth-order valence-electron chi connectivity index (χ4n) is 1.60.